The monoisotopic (exact) mass is 143 g/mol. The van der Waals surface area contributed by atoms with Crippen molar-refractivity contribution in [3.05, 3.63) is 12.3 Å². The van der Waals surface area contributed by atoms with Gasteiger partial charge in [0.1, 0.15) is 0 Å². The van der Waals surface area contributed by atoms with E-state index in [9.17, 15) is 9.90 Å². The second kappa shape index (κ2) is 4.99. The highest BCUT2D eigenvalue weighted by atomic mass is 16.5. The van der Waals surface area contributed by atoms with Crippen LogP contribution >= 0.6 is 0 Å². The van der Waals surface area contributed by atoms with Crippen molar-refractivity contribution < 1.29 is 14.6 Å². The minimum Gasteiger partial charge on any atom is -0.433 e. The van der Waals surface area contributed by atoms with Crippen LogP contribution in [0.1, 0.15) is 20.3 Å². The van der Waals surface area contributed by atoms with Crippen LogP contribution in [0.5, 0.6) is 0 Å². The van der Waals surface area contributed by atoms with E-state index in [0.29, 0.717) is 0 Å². The van der Waals surface area contributed by atoms with Gasteiger partial charge in [-0.05, 0) is 19.4 Å². The Kier molecular flexibility index (Phi) is 4.58. The topological polar surface area (TPSA) is 46.2 Å². The van der Waals surface area contributed by atoms with Crippen molar-refractivity contribution in [3.8, 4) is 0 Å². The van der Waals surface area contributed by atoms with Gasteiger partial charge in [-0.3, -0.25) is 0 Å². The molecule has 0 amide bonds. The summed E-state index contributed by atoms with van der Waals surface area (Å²) in [4.78, 5) is 10.4. The normalized spacial score (nSPS) is 13.5. The van der Waals surface area contributed by atoms with Crippen molar-refractivity contribution in [1.82, 2.24) is 0 Å². The molecule has 1 radical (unpaired) electrons. The Bertz CT molecular complexity index is 127. The number of carbonyl (C=O) groups excluding carboxylic acids is 1. The van der Waals surface area contributed by atoms with E-state index >= 15 is 0 Å². The molecular weight excluding hydrogens is 132 g/mol. The van der Waals surface area contributed by atoms with Crippen molar-refractivity contribution in [3.63, 3.8) is 0 Å². The van der Waals surface area contributed by atoms with Gasteiger partial charge in [-0.2, -0.15) is 0 Å². The molecule has 0 aromatic rings. The SMILES string of the molecule is CC/C=C/OC(=O)C(C)[O]. The average molecular weight is 143 g/mol. The Balaban J connectivity index is 3.49. The molecule has 0 rings (SSSR count). The molecule has 0 fully saturated rings. The highest BCUT2D eigenvalue weighted by Crippen LogP contribution is 1.89. The number of carbonyl (C=O) groups is 1. The van der Waals surface area contributed by atoms with E-state index in [0.717, 1.165) is 6.42 Å². The minimum absolute atomic E-state index is 0.732. The predicted octanol–water partition coefficient (Wildman–Crippen LogP) is 1.27. The average Bonchev–Trinajstić information content (AvgIpc) is 1.88. The molecule has 57 valence electrons. The number of hydrogen-bond donors (Lipinski definition) is 0. The summed E-state index contributed by atoms with van der Waals surface area (Å²) in [6, 6.07) is 0. The number of hydrogen-bond acceptors (Lipinski definition) is 2. The zero-order valence-corrected chi connectivity index (χ0v) is 6.16. The van der Waals surface area contributed by atoms with Crippen molar-refractivity contribution in [2.24, 2.45) is 0 Å². The molecule has 0 saturated heterocycles. The quantitative estimate of drug-likeness (QED) is 0.441. The summed E-state index contributed by atoms with van der Waals surface area (Å²) in [5, 5.41) is 10.3. The summed E-state index contributed by atoms with van der Waals surface area (Å²) in [5.74, 6) is -0.732. The molecule has 0 aromatic carbocycles. The Labute approximate surface area is 60.3 Å². The van der Waals surface area contributed by atoms with Gasteiger partial charge in [-0.15, -0.1) is 0 Å². The molecule has 0 spiro atoms. The fraction of sp³-hybridized carbons (Fsp3) is 0.571. The second-order valence-corrected chi connectivity index (χ2v) is 1.86. The zero-order valence-electron chi connectivity index (χ0n) is 6.16. The van der Waals surface area contributed by atoms with Crippen LogP contribution in [0.15, 0.2) is 12.3 Å². The van der Waals surface area contributed by atoms with Crippen LogP contribution in [0.25, 0.3) is 0 Å². The molecular formula is C7H11O3. The second-order valence-electron chi connectivity index (χ2n) is 1.86. The molecule has 1 atom stereocenters. The number of rotatable bonds is 3. The molecule has 0 aliphatic rings. The summed E-state index contributed by atoms with van der Waals surface area (Å²) in [6.45, 7) is 3.16. The highest BCUT2D eigenvalue weighted by Gasteiger charge is 2.09. The lowest BCUT2D eigenvalue weighted by atomic mass is 10.4. The number of allylic oxidation sites excluding steroid dienone is 1. The van der Waals surface area contributed by atoms with E-state index in [2.05, 4.69) is 4.74 Å². The van der Waals surface area contributed by atoms with E-state index in [1.807, 2.05) is 6.92 Å². The molecule has 0 aliphatic carbocycles. The molecule has 0 bridgehead atoms. The van der Waals surface area contributed by atoms with Gasteiger partial charge in [0.05, 0.1) is 6.26 Å². The van der Waals surface area contributed by atoms with Crippen LogP contribution in [0.3, 0.4) is 0 Å². The van der Waals surface area contributed by atoms with Gasteiger partial charge in [-0.25, -0.2) is 9.90 Å². The fourth-order valence-corrected chi connectivity index (χ4v) is 0.307. The summed E-state index contributed by atoms with van der Waals surface area (Å²) in [5.41, 5.74) is 0. The van der Waals surface area contributed by atoms with Crippen molar-refractivity contribution in [2.45, 2.75) is 26.4 Å². The lowest BCUT2D eigenvalue weighted by molar-refractivity contribution is -0.149. The van der Waals surface area contributed by atoms with E-state index in [-0.39, 0.29) is 0 Å². The van der Waals surface area contributed by atoms with Crippen LogP contribution in [0.4, 0.5) is 0 Å². The molecule has 3 heteroatoms. The fourth-order valence-electron chi connectivity index (χ4n) is 0.307. The van der Waals surface area contributed by atoms with E-state index in [1.54, 1.807) is 6.08 Å². The Hall–Kier alpha value is -0.830. The van der Waals surface area contributed by atoms with Gasteiger partial charge in [0.15, 0.2) is 6.10 Å². The van der Waals surface area contributed by atoms with E-state index in [4.69, 9.17) is 0 Å². The van der Waals surface area contributed by atoms with Crippen LogP contribution in [0.2, 0.25) is 0 Å². The molecule has 0 saturated carbocycles. The number of ether oxygens (including phenoxy) is 1. The lowest BCUT2D eigenvalue weighted by Gasteiger charge is -1.97. The molecule has 0 aromatic heterocycles. The molecule has 1 unspecified atom stereocenters. The largest absolute Gasteiger partial charge is 0.433 e. The zero-order chi connectivity index (χ0) is 7.98. The third-order valence-electron chi connectivity index (χ3n) is 0.848. The van der Waals surface area contributed by atoms with E-state index in [1.165, 1.54) is 13.2 Å². The first-order chi connectivity index (χ1) is 4.68. The third kappa shape index (κ3) is 4.09. The van der Waals surface area contributed by atoms with Crippen LogP contribution in [0, 0.1) is 0 Å². The van der Waals surface area contributed by atoms with Gasteiger partial charge >= 0.3 is 5.97 Å². The molecule has 0 aliphatic heterocycles. The number of esters is 1. The van der Waals surface area contributed by atoms with Gasteiger partial charge in [-0.1, -0.05) is 6.92 Å². The molecule has 3 nitrogen and oxygen atoms in total. The maximum atomic E-state index is 10.4. The summed E-state index contributed by atoms with van der Waals surface area (Å²) in [7, 11) is 0. The lowest BCUT2D eigenvalue weighted by Crippen LogP contribution is -2.15. The third-order valence-corrected chi connectivity index (χ3v) is 0.848. The molecule has 0 N–H and O–H groups in total. The maximum Gasteiger partial charge on any atom is 0.343 e. The van der Waals surface area contributed by atoms with Crippen molar-refractivity contribution in [2.75, 3.05) is 0 Å². The summed E-state index contributed by atoms with van der Waals surface area (Å²) in [6.07, 6.45) is 2.42. The first-order valence-electron chi connectivity index (χ1n) is 3.19. The first kappa shape index (κ1) is 9.17. The standard InChI is InChI=1S/C7H11O3/c1-3-4-5-10-7(9)6(2)8/h4-6H,3H2,1-2H3/b5-4+. The van der Waals surface area contributed by atoms with Crippen LogP contribution < -0.4 is 0 Å². The van der Waals surface area contributed by atoms with Crippen molar-refractivity contribution >= 4 is 5.97 Å². The summed E-state index contributed by atoms with van der Waals surface area (Å²) < 4.78 is 4.41. The van der Waals surface area contributed by atoms with Gasteiger partial charge < -0.3 is 4.74 Å². The van der Waals surface area contributed by atoms with Gasteiger partial charge in [0.2, 0.25) is 0 Å². The van der Waals surface area contributed by atoms with Gasteiger partial charge in [0.25, 0.3) is 0 Å². The Morgan fingerprint density at radius 1 is 1.70 bits per heavy atom. The molecule has 0 heterocycles. The van der Waals surface area contributed by atoms with Crippen LogP contribution in [-0.2, 0) is 14.6 Å². The molecule has 10 heavy (non-hydrogen) atoms. The minimum atomic E-state index is -1.29. The smallest absolute Gasteiger partial charge is 0.343 e. The predicted molar refractivity (Wildman–Crippen MR) is 35.7 cm³/mol. The van der Waals surface area contributed by atoms with Crippen molar-refractivity contribution in [1.29, 1.82) is 0 Å². The van der Waals surface area contributed by atoms with Gasteiger partial charge in [0, 0.05) is 0 Å². The Morgan fingerprint density at radius 2 is 2.30 bits per heavy atom. The summed E-state index contributed by atoms with van der Waals surface area (Å²) >= 11 is 0. The van der Waals surface area contributed by atoms with Crippen LogP contribution in [-0.4, -0.2) is 12.1 Å². The first-order valence-corrected chi connectivity index (χ1v) is 3.19. The van der Waals surface area contributed by atoms with E-state index < -0.39 is 12.1 Å². The maximum absolute atomic E-state index is 10.4. The highest BCUT2D eigenvalue weighted by molar-refractivity contribution is 5.74. The Morgan fingerprint density at radius 3 is 2.70 bits per heavy atom.